The van der Waals surface area contributed by atoms with Gasteiger partial charge in [0.25, 0.3) is 0 Å². The number of carbonyl (C=O) groups excluding carboxylic acids is 2. The van der Waals surface area contributed by atoms with Crippen molar-refractivity contribution in [2.24, 2.45) is 11.8 Å². The van der Waals surface area contributed by atoms with E-state index < -0.39 is 0 Å². The molecule has 5 N–H and O–H groups in total. The van der Waals surface area contributed by atoms with E-state index in [1.807, 2.05) is 29.6 Å². The highest BCUT2D eigenvalue weighted by Crippen LogP contribution is 2.40. The minimum atomic E-state index is -0.357. The summed E-state index contributed by atoms with van der Waals surface area (Å²) in [6, 6.07) is 7.28. The number of aromatic nitrogens is 2. The molecule has 0 spiro atoms. The van der Waals surface area contributed by atoms with Gasteiger partial charge in [0, 0.05) is 29.6 Å². The molecule has 1 saturated carbocycles. The Balaban J connectivity index is 1.53. The number of nitrogen functional groups attached to an aromatic ring is 1. The lowest BCUT2D eigenvalue weighted by Gasteiger charge is -2.06. The number of hydrogen-bond donors (Lipinski definition) is 4. The molecule has 0 saturated heterocycles. The monoisotopic (exact) mass is 428 g/mol. The highest BCUT2D eigenvalue weighted by Gasteiger charge is 2.39. The van der Waals surface area contributed by atoms with Gasteiger partial charge < -0.3 is 16.4 Å². The van der Waals surface area contributed by atoms with Crippen LogP contribution < -0.4 is 21.7 Å². The number of urea groups is 1. The molecule has 8 nitrogen and oxygen atoms in total. The molecule has 0 bridgehead atoms. The zero-order valence-electron chi connectivity index (χ0n) is 15.9. The molecule has 1 aromatic carbocycles. The number of rotatable bonds is 5. The smallest absolute Gasteiger partial charge is 0.320 e. The van der Waals surface area contributed by atoms with Crippen LogP contribution in [0.1, 0.15) is 13.3 Å². The molecule has 2 unspecified atom stereocenters. The topological polar surface area (TPSA) is 122 Å². The van der Waals surface area contributed by atoms with Gasteiger partial charge in [-0.05, 0) is 24.5 Å². The maximum atomic E-state index is 12.2. The lowest BCUT2D eigenvalue weighted by molar-refractivity contribution is -0.117. The van der Waals surface area contributed by atoms with Crippen LogP contribution in [0.15, 0.2) is 29.6 Å². The summed E-state index contributed by atoms with van der Waals surface area (Å²) < 4.78 is 0. The number of amides is 3. The fourth-order valence-corrected chi connectivity index (χ4v) is 4.70. The van der Waals surface area contributed by atoms with Crippen molar-refractivity contribution in [3.63, 3.8) is 0 Å². The van der Waals surface area contributed by atoms with Crippen molar-refractivity contribution in [3.05, 3.63) is 29.6 Å². The zero-order chi connectivity index (χ0) is 20.5. The van der Waals surface area contributed by atoms with E-state index in [-0.39, 0.29) is 17.9 Å². The predicted molar refractivity (Wildman–Crippen MR) is 117 cm³/mol. The third-order valence-corrected chi connectivity index (χ3v) is 6.65. The lowest BCUT2D eigenvalue weighted by atomic mass is 10.1. The summed E-state index contributed by atoms with van der Waals surface area (Å²) in [6.45, 7) is 2.08. The van der Waals surface area contributed by atoms with Gasteiger partial charge in [0.15, 0.2) is 5.13 Å². The van der Waals surface area contributed by atoms with Crippen LogP contribution in [0.2, 0.25) is 0 Å². The molecule has 4 rings (SSSR count). The van der Waals surface area contributed by atoms with Gasteiger partial charge in [-0.2, -0.15) is 0 Å². The predicted octanol–water partition coefficient (Wildman–Crippen LogP) is 3.86. The second-order valence-corrected chi connectivity index (χ2v) is 8.72. The van der Waals surface area contributed by atoms with Crippen molar-refractivity contribution in [1.82, 2.24) is 15.3 Å². The van der Waals surface area contributed by atoms with Gasteiger partial charge in [0.1, 0.15) is 15.7 Å². The number of anilines is 3. The van der Waals surface area contributed by atoms with E-state index in [1.54, 1.807) is 0 Å². The molecule has 0 radical (unpaired) electrons. The molecule has 1 aliphatic rings. The van der Waals surface area contributed by atoms with Gasteiger partial charge in [-0.3, -0.25) is 10.1 Å². The molecule has 2 aromatic heterocycles. The van der Waals surface area contributed by atoms with E-state index in [4.69, 9.17) is 5.73 Å². The molecule has 1 fully saturated rings. The van der Waals surface area contributed by atoms with Crippen molar-refractivity contribution < 1.29 is 9.59 Å². The third kappa shape index (κ3) is 4.22. The molecule has 150 valence electrons. The van der Waals surface area contributed by atoms with Crippen LogP contribution in [0, 0.1) is 11.8 Å². The van der Waals surface area contributed by atoms with Gasteiger partial charge in [-0.1, -0.05) is 30.4 Å². The number of nitrogens with zero attached hydrogens (tertiary/aromatic N) is 2. The average Bonchev–Trinajstić information content (AvgIpc) is 3.09. The Morgan fingerprint density at radius 1 is 1.24 bits per heavy atom. The van der Waals surface area contributed by atoms with Crippen molar-refractivity contribution in [2.75, 3.05) is 23.4 Å². The summed E-state index contributed by atoms with van der Waals surface area (Å²) in [7, 11) is 1.53. The Kier molecular flexibility index (Phi) is 5.20. The molecule has 2 atom stereocenters. The fraction of sp³-hybridized carbons (Fsp3) is 0.263. The first-order valence-corrected chi connectivity index (χ1v) is 10.8. The van der Waals surface area contributed by atoms with Gasteiger partial charge in [-0.15, -0.1) is 11.3 Å². The lowest BCUT2D eigenvalue weighted by Crippen LogP contribution is -2.24. The molecular weight excluding hydrogens is 408 g/mol. The summed E-state index contributed by atoms with van der Waals surface area (Å²) in [6.07, 6.45) is 0.952. The second kappa shape index (κ2) is 7.80. The van der Waals surface area contributed by atoms with Crippen molar-refractivity contribution in [2.45, 2.75) is 13.3 Å². The second-order valence-electron chi connectivity index (χ2n) is 6.86. The Labute approximate surface area is 175 Å². The summed E-state index contributed by atoms with van der Waals surface area (Å²) in [5.74, 6) is 0.979. The Morgan fingerprint density at radius 2 is 2.03 bits per heavy atom. The van der Waals surface area contributed by atoms with Crippen LogP contribution >= 0.6 is 22.7 Å². The molecule has 3 aromatic rings. The summed E-state index contributed by atoms with van der Waals surface area (Å²) in [4.78, 5) is 33.2. The van der Waals surface area contributed by atoms with Crippen LogP contribution in [0.5, 0.6) is 0 Å². The average molecular weight is 429 g/mol. The number of benzene rings is 1. The molecule has 2 heterocycles. The van der Waals surface area contributed by atoms with E-state index in [0.717, 1.165) is 28.4 Å². The van der Waals surface area contributed by atoms with Gasteiger partial charge in [0.2, 0.25) is 5.91 Å². The number of hydrogen-bond acceptors (Lipinski definition) is 7. The standard InChI is InChI=1S/C19H20N6O2S2/c1-9-6-12(9)16(26)22-11-5-3-4-10(7-11)13-8-28-17(23-13)14-15(20)24-19(29-14)25-18(27)21-2/h3-5,7-9,12H,6,20H2,1-2H3,(H,22,26)(H2,21,24,25,27). The Morgan fingerprint density at radius 3 is 2.76 bits per heavy atom. The van der Waals surface area contributed by atoms with E-state index in [0.29, 0.717) is 21.7 Å². The SMILES string of the molecule is CNC(=O)Nc1nc(N)c(-c2nc(-c3cccc(NC(=O)C4CC4C)c3)cs2)s1. The van der Waals surface area contributed by atoms with Crippen molar-refractivity contribution >= 4 is 51.2 Å². The van der Waals surface area contributed by atoms with Crippen molar-refractivity contribution in [1.29, 1.82) is 0 Å². The summed E-state index contributed by atoms with van der Waals surface area (Å²) >= 11 is 2.72. The quantitative estimate of drug-likeness (QED) is 0.491. The molecule has 29 heavy (non-hydrogen) atoms. The molecule has 0 aliphatic heterocycles. The number of thiazole rings is 2. The van der Waals surface area contributed by atoms with E-state index in [9.17, 15) is 9.59 Å². The highest BCUT2D eigenvalue weighted by atomic mass is 32.1. The van der Waals surface area contributed by atoms with E-state index >= 15 is 0 Å². The largest absolute Gasteiger partial charge is 0.382 e. The van der Waals surface area contributed by atoms with Crippen LogP contribution in [-0.4, -0.2) is 29.0 Å². The number of nitrogens with two attached hydrogens (primary N) is 1. The number of carbonyl (C=O) groups is 2. The fourth-order valence-electron chi connectivity index (χ4n) is 2.89. The first-order chi connectivity index (χ1) is 13.9. The van der Waals surface area contributed by atoms with E-state index in [1.165, 1.54) is 29.7 Å². The van der Waals surface area contributed by atoms with Crippen LogP contribution in [0.25, 0.3) is 21.1 Å². The first kappa shape index (κ1) is 19.3. The molecular formula is C19H20N6O2S2. The summed E-state index contributed by atoms with van der Waals surface area (Å²) in [5.41, 5.74) is 8.46. The highest BCUT2D eigenvalue weighted by molar-refractivity contribution is 7.23. The Bertz CT molecular complexity index is 1080. The molecule has 3 amide bonds. The Hall–Kier alpha value is -2.98. The first-order valence-electron chi connectivity index (χ1n) is 9.07. The van der Waals surface area contributed by atoms with Crippen LogP contribution in [0.4, 0.5) is 21.4 Å². The number of nitrogens with one attached hydrogen (secondary N) is 3. The van der Waals surface area contributed by atoms with Gasteiger partial charge in [-0.25, -0.2) is 14.8 Å². The maximum Gasteiger partial charge on any atom is 0.320 e. The normalized spacial score (nSPS) is 17.6. The minimum absolute atomic E-state index is 0.0715. The zero-order valence-corrected chi connectivity index (χ0v) is 17.5. The van der Waals surface area contributed by atoms with E-state index in [2.05, 4.69) is 32.8 Å². The van der Waals surface area contributed by atoms with Gasteiger partial charge >= 0.3 is 6.03 Å². The maximum absolute atomic E-state index is 12.2. The van der Waals surface area contributed by atoms with Crippen LogP contribution in [-0.2, 0) is 4.79 Å². The van der Waals surface area contributed by atoms with Crippen LogP contribution in [0.3, 0.4) is 0 Å². The minimum Gasteiger partial charge on any atom is -0.382 e. The molecule has 1 aliphatic carbocycles. The molecule has 10 heteroatoms. The third-order valence-electron chi connectivity index (χ3n) is 4.67. The van der Waals surface area contributed by atoms with Crippen molar-refractivity contribution in [3.8, 4) is 21.1 Å². The van der Waals surface area contributed by atoms with Gasteiger partial charge in [0.05, 0.1) is 5.69 Å². The summed E-state index contributed by atoms with van der Waals surface area (Å²) in [5, 5.41) is 11.1.